The van der Waals surface area contributed by atoms with Gasteiger partial charge in [0.2, 0.25) is 5.91 Å². The van der Waals surface area contributed by atoms with Crippen LogP contribution < -0.4 is 5.32 Å². The molecular weight excluding hydrogens is 172 g/mol. The molecule has 0 saturated carbocycles. The fourth-order valence-corrected chi connectivity index (χ4v) is 0.931. The largest absolute Gasteiger partial charge is 0.326 e. The number of nitrogens with zero attached hydrogens (tertiary/aromatic N) is 1. The molecule has 4 heteroatoms. The van der Waals surface area contributed by atoms with Crippen LogP contribution in [0.2, 0.25) is 0 Å². The van der Waals surface area contributed by atoms with Crippen molar-refractivity contribution in [3.8, 4) is 0 Å². The minimum Gasteiger partial charge on any atom is -0.326 e. The molecule has 1 aromatic rings. The van der Waals surface area contributed by atoms with Gasteiger partial charge >= 0.3 is 0 Å². The van der Waals surface area contributed by atoms with Crippen LogP contribution >= 0.6 is 0 Å². The summed E-state index contributed by atoms with van der Waals surface area (Å²) in [6, 6.07) is 7.01. The minimum absolute atomic E-state index is 0.0851. The summed E-state index contributed by atoms with van der Waals surface area (Å²) in [5, 5.41) is 2.64. The highest BCUT2D eigenvalue weighted by Gasteiger charge is 1.94. The average Bonchev–Trinajstić information content (AvgIpc) is 2.05. The number of rotatable bonds is 2. The van der Waals surface area contributed by atoms with Gasteiger partial charge in [-0.25, -0.2) is 0 Å². The number of carbonyl (C=O) groups excluding carboxylic acids is 1. The van der Waals surface area contributed by atoms with Crippen LogP contribution in [0.3, 0.4) is 0 Å². The molecular formula is C8H8N2OS. The van der Waals surface area contributed by atoms with Crippen molar-refractivity contribution in [3.05, 3.63) is 24.3 Å². The van der Waals surface area contributed by atoms with Gasteiger partial charge < -0.3 is 5.32 Å². The van der Waals surface area contributed by atoms with Crippen LogP contribution in [0.1, 0.15) is 6.92 Å². The molecule has 0 unspecified atom stereocenters. The average molecular weight is 180 g/mol. The molecule has 3 nitrogen and oxygen atoms in total. The fourth-order valence-electron chi connectivity index (χ4n) is 0.809. The number of amides is 1. The van der Waals surface area contributed by atoms with Crippen molar-refractivity contribution in [3.63, 3.8) is 0 Å². The van der Waals surface area contributed by atoms with E-state index < -0.39 is 0 Å². The molecule has 62 valence electrons. The summed E-state index contributed by atoms with van der Waals surface area (Å²) in [4.78, 5) is 10.6. The van der Waals surface area contributed by atoms with E-state index in [2.05, 4.69) is 22.1 Å². The second-order valence-electron chi connectivity index (χ2n) is 2.32. The van der Waals surface area contributed by atoms with Gasteiger partial charge in [0.05, 0.1) is 5.69 Å². The van der Waals surface area contributed by atoms with Crippen molar-refractivity contribution in [1.29, 1.82) is 0 Å². The number of benzene rings is 1. The number of carbonyl (C=O) groups is 1. The molecule has 0 bridgehead atoms. The number of nitrogens with one attached hydrogen (secondary N) is 1. The topological polar surface area (TPSA) is 41.5 Å². The maximum absolute atomic E-state index is 10.6. The lowest BCUT2D eigenvalue weighted by atomic mass is 10.3. The van der Waals surface area contributed by atoms with E-state index >= 15 is 0 Å². The third-order valence-corrected chi connectivity index (χ3v) is 1.50. The van der Waals surface area contributed by atoms with Crippen LogP contribution in [0.5, 0.6) is 0 Å². The standard InChI is InChI=1S/C8H8N2OS/c1-6(11)9-7-2-4-8(10-12)5-3-7/h2-5H,1H3,(H,9,11). The van der Waals surface area contributed by atoms with Crippen molar-refractivity contribution in [1.82, 2.24) is 0 Å². The first-order chi connectivity index (χ1) is 5.72. The van der Waals surface area contributed by atoms with Gasteiger partial charge in [0.25, 0.3) is 0 Å². The summed E-state index contributed by atoms with van der Waals surface area (Å²) in [5.74, 6) is -0.0851. The lowest BCUT2D eigenvalue weighted by Gasteiger charge is -2.00. The molecule has 0 radical (unpaired) electrons. The summed E-state index contributed by atoms with van der Waals surface area (Å²) in [6.07, 6.45) is 0. The molecule has 0 aromatic heterocycles. The Balaban J connectivity index is 2.77. The van der Waals surface area contributed by atoms with Gasteiger partial charge in [-0.15, -0.1) is 0 Å². The predicted molar refractivity (Wildman–Crippen MR) is 50.2 cm³/mol. The first-order valence-corrected chi connectivity index (χ1v) is 3.80. The minimum atomic E-state index is -0.0851. The maximum Gasteiger partial charge on any atom is 0.221 e. The highest BCUT2D eigenvalue weighted by atomic mass is 32.1. The van der Waals surface area contributed by atoms with Gasteiger partial charge in [-0.2, -0.15) is 4.36 Å². The second kappa shape index (κ2) is 3.92. The van der Waals surface area contributed by atoms with Crippen molar-refractivity contribution in [2.75, 3.05) is 5.32 Å². The van der Waals surface area contributed by atoms with E-state index in [0.29, 0.717) is 0 Å². The molecule has 0 aliphatic carbocycles. The molecule has 0 aliphatic rings. The molecule has 0 aliphatic heterocycles. The normalized spacial score (nSPS) is 9.08. The van der Waals surface area contributed by atoms with Gasteiger partial charge in [-0.05, 0) is 24.3 Å². The Labute approximate surface area is 76.0 Å². The SMILES string of the molecule is CC(=O)Nc1ccc(N=S)cc1. The Morgan fingerprint density at radius 3 is 2.42 bits per heavy atom. The fraction of sp³-hybridized carbons (Fsp3) is 0.125. The first-order valence-electron chi connectivity index (χ1n) is 3.43. The Kier molecular flexibility index (Phi) is 2.88. The summed E-state index contributed by atoms with van der Waals surface area (Å²) < 4.78 is 3.56. The molecule has 12 heavy (non-hydrogen) atoms. The Morgan fingerprint density at radius 2 is 2.00 bits per heavy atom. The van der Waals surface area contributed by atoms with E-state index in [9.17, 15) is 4.79 Å². The molecule has 1 N–H and O–H groups in total. The van der Waals surface area contributed by atoms with Crippen molar-refractivity contribution >= 4 is 29.7 Å². The third-order valence-electron chi connectivity index (χ3n) is 1.29. The second-order valence-corrected chi connectivity index (χ2v) is 2.50. The molecule has 0 atom stereocenters. The molecule has 1 amide bonds. The van der Waals surface area contributed by atoms with Crippen molar-refractivity contribution in [2.45, 2.75) is 6.92 Å². The van der Waals surface area contributed by atoms with Gasteiger partial charge in [0.1, 0.15) is 0 Å². The number of hydrogen-bond donors (Lipinski definition) is 1. The maximum atomic E-state index is 10.6. The predicted octanol–water partition coefficient (Wildman–Crippen LogP) is 2.01. The summed E-state index contributed by atoms with van der Waals surface area (Å²) in [7, 11) is 0. The summed E-state index contributed by atoms with van der Waals surface area (Å²) >= 11 is 4.49. The zero-order chi connectivity index (χ0) is 8.97. The van der Waals surface area contributed by atoms with E-state index in [-0.39, 0.29) is 5.91 Å². The van der Waals surface area contributed by atoms with Crippen LogP contribution in [0, 0.1) is 0 Å². The van der Waals surface area contributed by atoms with Crippen LogP contribution in [-0.2, 0) is 17.2 Å². The van der Waals surface area contributed by atoms with E-state index in [0.717, 1.165) is 11.4 Å². The van der Waals surface area contributed by atoms with Crippen LogP contribution in [0.25, 0.3) is 0 Å². The van der Waals surface area contributed by atoms with Gasteiger partial charge in [-0.1, -0.05) is 0 Å². The van der Waals surface area contributed by atoms with Gasteiger partial charge in [0, 0.05) is 25.0 Å². The summed E-state index contributed by atoms with van der Waals surface area (Å²) in [6.45, 7) is 1.46. The monoisotopic (exact) mass is 180 g/mol. The van der Waals surface area contributed by atoms with Gasteiger partial charge in [0.15, 0.2) is 0 Å². The van der Waals surface area contributed by atoms with Crippen LogP contribution in [-0.4, -0.2) is 5.91 Å². The quantitative estimate of drug-likeness (QED) is 0.756. The van der Waals surface area contributed by atoms with E-state index in [1.165, 1.54) is 6.92 Å². The molecule has 0 fully saturated rings. The highest BCUT2D eigenvalue weighted by Crippen LogP contribution is 2.15. The lowest BCUT2D eigenvalue weighted by molar-refractivity contribution is -0.114. The van der Waals surface area contributed by atoms with E-state index in [4.69, 9.17) is 0 Å². The molecule has 0 spiro atoms. The first kappa shape index (κ1) is 8.80. The number of hydrogen-bond acceptors (Lipinski definition) is 3. The summed E-state index contributed by atoms with van der Waals surface area (Å²) in [5.41, 5.74) is 1.48. The van der Waals surface area contributed by atoms with Gasteiger partial charge in [-0.3, -0.25) is 4.79 Å². The Morgan fingerprint density at radius 1 is 1.42 bits per heavy atom. The Bertz CT molecular complexity index is 294. The molecule has 1 rings (SSSR count). The van der Waals surface area contributed by atoms with Crippen molar-refractivity contribution in [2.24, 2.45) is 4.36 Å². The number of anilines is 1. The molecule has 0 heterocycles. The molecule has 0 saturated heterocycles. The van der Waals surface area contributed by atoms with Crippen molar-refractivity contribution < 1.29 is 4.79 Å². The zero-order valence-electron chi connectivity index (χ0n) is 6.57. The zero-order valence-corrected chi connectivity index (χ0v) is 7.39. The van der Waals surface area contributed by atoms with E-state index in [1.807, 2.05) is 0 Å². The highest BCUT2D eigenvalue weighted by molar-refractivity contribution is 7.47. The van der Waals surface area contributed by atoms with Crippen LogP contribution in [0.4, 0.5) is 11.4 Å². The molecule has 1 aromatic carbocycles. The lowest BCUT2D eigenvalue weighted by Crippen LogP contribution is -2.04. The van der Waals surface area contributed by atoms with E-state index in [1.54, 1.807) is 24.3 Å². The Hall–Kier alpha value is -1.29. The van der Waals surface area contributed by atoms with Crippen LogP contribution in [0.15, 0.2) is 28.6 Å². The smallest absolute Gasteiger partial charge is 0.221 e. The third kappa shape index (κ3) is 2.39.